The average Bonchev–Trinajstić information content (AvgIpc) is 2.43. The fraction of sp³-hybridized carbons (Fsp3) is 0.0714. The summed E-state index contributed by atoms with van der Waals surface area (Å²) in [6, 6.07) is 9.76. The highest BCUT2D eigenvalue weighted by Gasteiger charge is 2.08. The number of para-hydroxylation sites is 1. The van der Waals surface area contributed by atoms with Gasteiger partial charge in [-0.1, -0.05) is 23.7 Å². The van der Waals surface area contributed by atoms with Crippen molar-refractivity contribution in [3.8, 4) is 5.75 Å². The highest BCUT2D eigenvalue weighted by molar-refractivity contribution is 6.33. The van der Waals surface area contributed by atoms with Crippen molar-refractivity contribution >= 4 is 23.2 Å². The molecule has 0 aliphatic rings. The highest BCUT2D eigenvalue weighted by atomic mass is 35.5. The van der Waals surface area contributed by atoms with E-state index in [0.717, 1.165) is 12.1 Å². The monoisotopic (exact) mass is 297 g/mol. The van der Waals surface area contributed by atoms with E-state index in [2.05, 4.69) is 5.32 Å². The molecule has 1 N–H and O–H groups in total. The van der Waals surface area contributed by atoms with E-state index in [0.29, 0.717) is 10.7 Å². The van der Waals surface area contributed by atoms with Crippen LogP contribution < -0.4 is 10.1 Å². The molecule has 2 rings (SSSR count). The van der Waals surface area contributed by atoms with Gasteiger partial charge in [0.05, 0.1) is 10.7 Å². The molecule has 0 spiro atoms. The summed E-state index contributed by atoms with van der Waals surface area (Å²) in [6.07, 6.45) is 0. The Kier molecular flexibility index (Phi) is 4.53. The molecule has 0 atom stereocenters. The number of halogens is 3. The largest absolute Gasteiger partial charge is 0.484 e. The van der Waals surface area contributed by atoms with Crippen LogP contribution in [0.4, 0.5) is 14.5 Å². The number of nitrogens with one attached hydrogen (secondary N) is 1. The molecule has 0 saturated heterocycles. The molecule has 0 unspecified atom stereocenters. The summed E-state index contributed by atoms with van der Waals surface area (Å²) in [7, 11) is 0. The molecule has 0 heterocycles. The first kappa shape index (κ1) is 14.3. The van der Waals surface area contributed by atoms with Crippen molar-refractivity contribution in [2.75, 3.05) is 11.9 Å². The van der Waals surface area contributed by atoms with Gasteiger partial charge < -0.3 is 10.1 Å². The number of amides is 1. The maximum absolute atomic E-state index is 12.9. The van der Waals surface area contributed by atoms with Crippen LogP contribution in [0.2, 0.25) is 5.02 Å². The third kappa shape index (κ3) is 3.68. The lowest BCUT2D eigenvalue weighted by atomic mass is 10.3. The lowest BCUT2D eigenvalue weighted by Crippen LogP contribution is -2.20. The van der Waals surface area contributed by atoms with Crippen LogP contribution in [0.15, 0.2) is 42.5 Å². The van der Waals surface area contributed by atoms with Gasteiger partial charge in [-0.3, -0.25) is 4.79 Å². The quantitative estimate of drug-likeness (QED) is 0.936. The van der Waals surface area contributed by atoms with Gasteiger partial charge in [0.25, 0.3) is 5.91 Å². The Morgan fingerprint density at radius 2 is 1.90 bits per heavy atom. The number of ether oxygens (including phenoxy) is 1. The van der Waals surface area contributed by atoms with E-state index in [4.69, 9.17) is 16.3 Å². The van der Waals surface area contributed by atoms with Crippen LogP contribution in [0.1, 0.15) is 0 Å². The highest BCUT2D eigenvalue weighted by Crippen LogP contribution is 2.20. The van der Waals surface area contributed by atoms with Gasteiger partial charge in [-0.15, -0.1) is 0 Å². The SMILES string of the molecule is O=C(COc1ccc(F)c(F)c1)Nc1ccccc1Cl. The van der Waals surface area contributed by atoms with Crippen LogP contribution in [0.25, 0.3) is 0 Å². The molecule has 3 nitrogen and oxygen atoms in total. The third-order valence-electron chi connectivity index (χ3n) is 2.41. The Morgan fingerprint density at radius 1 is 1.15 bits per heavy atom. The Bertz CT molecular complexity index is 634. The van der Waals surface area contributed by atoms with E-state index in [-0.39, 0.29) is 12.4 Å². The normalized spacial score (nSPS) is 10.2. The van der Waals surface area contributed by atoms with E-state index in [1.165, 1.54) is 6.07 Å². The molecule has 0 radical (unpaired) electrons. The van der Waals surface area contributed by atoms with Crippen molar-refractivity contribution in [2.24, 2.45) is 0 Å². The minimum atomic E-state index is -1.03. The maximum atomic E-state index is 12.9. The van der Waals surface area contributed by atoms with Crippen molar-refractivity contribution < 1.29 is 18.3 Å². The Morgan fingerprint density at radius 3 is 2.60 bits per heavy atom. The molecule has 2 aromatic rings. The number of hydrogen-bond donors (Lipinski definition) is 1. The average molecular weight is 298 g/mol. The molecule has 6 heteroatoms. The van der Waals surface area contributed by atoms with E-state index in [1.807, 2.05) is 0 Å². The second kappa shape index (κ2) is 6.34. The van der Waals surface area contributed by atoms with Crippen LogP contribution in [0, 0.1) is 11.6 Å². The molecule has 2 aromatic carbocycles. The minimum absolute atomic E-state index is 0.0678. The second-order valence-corrected chi connectivity index (χ2v) is 4.30. The molecular weight excluding hydrogens is 288 g/mol. The third-order valence-corrected chi connectivity index (χ3v) is 2.74. The fourth-order valence-corrected chi connectivity index (χ4v) is 1.65. The summed E-state index contributed by atoms with van der Waals surface area (Å²) in [4.78, 5) is 11.6. The van der Waals surface area contributed by atoms with Gasteiger partial charge in [-0.25, -0.2) is 8.78 Å². The fourth-order valence-electron chi connectivity index (χ4n) is 1.46. The van der Waals surface area contributed by atoms with Crippen LogP contribution in [0.5, 0.6) is 5.75 Å². The van der Waals surface area contributed by atoms with Gasteiger partial charge in [0.1, 0.15) is 5.75 Å². The lowest BCUT2D eigenvalue weighted by molar-refractivity contribution is -0.118. The predicted octanol–water partition coefficient (Wildman–Crippen LogP) is 3.64. The Hall–Kier alpha value is -2.14. The van der Waals surface area contributed by atoms with E-state index >= 15 is 0 Å². The van der Waals surface area contributed by atoms with Crippen LogP contribution in [0.3, 0.4) is 0 Å². The zero-order valence-corrected chi connectivity index (χ0v) is 11.0. The van der Waals surface area contributed by atoms with E-state index in [1.54, 1.807) is 24.3 Å². The van der Waals surface area contributed by atoms with Crippen molar-refractivity contribution in [1.82, 2.24) is 0 Å². The van der Waals surface area contributed by atoms with Crippen molar-refractivity contribution in [3.63, 3.8) is 0 Å². The number of benzene rings is 2. The summed E-state index contributed by atoms with van der Waals surface area (Å²) in [5.41, 5.74) is 0.452. The lowest BCUT2D eigenvalue weighted by Gasteiger charge is -2.08. The first-order valence-corrected chi connectivity index (χ1v) is 6.06. The molecule has 20 heavy (non-hydrogen) atoms. The zero-order valence-electron chi connectivity index (χ0n) is 10.2. The molecule has 0 aliphatic heterocycles. The number of carbonyl (C=O) groups excluding carboxylic acids is 1. The standard InChI is InChI=1S/C14H10ClF2NO2/c15-10-3-1-2-4-13(10)18-14(19)8-20-9-5-6-11(16)12(17)7-9/h1-7H,8H2,(H,18,19). The van der Waals surface area contributed by atoms with E-state index < -0.39 is 17.5 Å². The van der Waals surface area contributed by atoms with Gasteiger partial charge in [-0.2, -0.15) is 0 Å². The predicted molar refractivity (Wildman–Crippen MR) is 71.9 cm³/mol. The molecular formula is C14H10ClF2NO2. The van der Waals surface area contributed by atoms with Crippen molar-refractivity contribution in [1.29, 1.82) is 0 Å². The molecule has 104 valence electrons. The molecule has 0 aromatic heterocycles. The van der Waals surface area contributed by atoms with Gasteiger partial charge in [0.2, 0.25) is 0 Å². The molecule has 0 aliphatic carbocycles. The molecule has 0 bridgehead atoms. The summed E-state index contributed by atoms with van der Waals surface area (Å²) in [5.74, 6) is -2.40. The summed E-state index contributed by atoms with van der Waals surface area (Å²) >= 11 is 5.88. The van der Waals surface area contributed by atoms with Gasteiger partial charge in [0.15, 0.2) is 18.2 Å². The number of anilines is 1. The number of rotatable bonds is 4. The van der Waals surface area contributed by atoms with Crippen LogP contribution >= 0.6 is 11.6 Å². The maximum Gasteiger partial charge on any atom is 0.262 e. The van der Waals surface area contributed by atoms with Crippen molar-refractivity contribution in [3.05, 3.63) is 59.1 Å². The number of carbonyl (C=O) groups is 1. The number of hydrogen-bond acceptors (Lipinski definition) is 2. The van der Waals surface area contributed by atoms with Crippen LogP contribution in [-0.2, 0) is 4.79 Å². The zero-order chi connectivity index (χ0) is 14.5. The molecule has 1 amide bonds. The summed E-state index contributed by atoms with van der Waals surface area (Å²) < 4.78 is 30.7. The first-order chi connectivity index (χ1) is 9.56. The van der Waals surface area contributed by atoms with E-state index in [9.17, 15) is 13.6 Å². The van der Waals surface area contributed by atoms with Crippen LogP contribution in [-0.4, -0.2) is 12.5 Å². The summed E-state index contributed by atoms with van der Waals surface area (Å²) in [5, 5.41) is 2.94. The van der Waals surface area contributed by atoms with Gasteiger partial charge >= 0.3 is 0 Å². The van der Waals surface area contributed by atoms with Crippen molar-refractivity contribution in [2.45, 2.75) is 0 Å². The Balaban J connectivity index is 1.92. The minimum Gasteiger partial charge on any atom is -0.484 e. The van der Waals surface area contributed by atoms with Gasteiger partial charge in [0, 0.05) is 6.07 Å². The molecule has 0 saturated carbocycles. The second-order valence-electron chi connectivity index (χ2n) is 3.89. The summed E-state index contributed by atoms with van der Waals surface area (Å²) in [6.45, 7) is -0.337. The Labute approximate surface area is 119 Å². The molecule has 0 fully saturated rings. The van der Waals surface area contributed by atoms with Gasteiger partial charge in [-0.05, 0) is 24.3 Å². The topological polar surface area (TPSA) is 38.3 Å². The first-order valence-electron chi connectivity index (χ1n) is 5.68. The smallest absolute Gasteiger partial charge is 0.262 e.